The van der Waals surface area contributed by atoms with Crippen LogP contribution < -0.4 is 0 Å². The van der Waals surface area contributed by atoms with Gasteiger partial charge in [0.05, 0.1) is 6.61 Å². The molecule has 0 amide bonds. The van der Waals surface area contributed by atoms with Gasteiger partial charge in [0.1, 0.15) is 0 Å². The number of likely N-dealkylation sites (tertiary alicyclic amines) is 1. The van der Waals surface area contributed by atoms with E-state index >= 15 is 0 Å². The Hall–Kier alpha value is -0.860. The minimum Gasteiger partial charge on any atom is -0.392 e. The third kappa shape index (κ3) is 2.15. The number of hydrogen-bond acceptors (Lipinski definition) is 2. The Morgan fingerprint density at radius 3 is 2.86 bits per heavy atom. The summed E-state index contributed by atoms with van der Waals surface area (Å²) in [7, 11) is 0. The molecule has 1 aromatic rings. The van der Waals surface area contributed by atoms with Crippen molar-refractivity contribution < 1.29 is 5.11 Å². The van der Waals surface area contributed by atoms with Gasteiger partial charge in [-0.05, 0) is 66.2 Å². The minimum atomic E-state index is 0.162. The molecule has 0 unspecified atom stereocenters. The van der Waals surface area contributed by atoms with Gasteiger partial charge in [-0.1, -0.05) is 32.0 Å². The molecule has 3 atom stereocenters. The van der Waals surface area contributed by atoms with E-state index in [1.54, 1.807) is 0 Å². The molecule has 1 heterocycles. The standard InChI is InChI=1S/C19H27NO/c1-13-18-10-16-6-5-15(12-21)9-17(16)19(13,2)7-8-20(18)11-14-3-4-14/h5-6,9,13-14,18,21H,3-4,7-8,10-12H2,1-2H3/t13-,18-,19-/m1/s1. The van der Waals surface area contributed by atoms with Gasteiger partial charge in [0.15, 0.2) is 0 Å². The lowest BCUT2D eigenvalue weighted by Crippen LogP contribution is -2.58. The second-order valence-electron chi connectivity index (χ2n) is 7.82. The highest BCUT2D eigenvalue weighted by molar-refractivity contribution is 5.42. The van der Waals surface area contributed by atoms with Gasteiger partial charge in [0.25, 0.3) is 0 Å². The van der Waals surface area contributed by atoms with Crippen molar-refractivity contribution in [3.05, 3.63) is 34.9 Å². The van der Waals surface area contributed by atoms with Gasteiger partial charge in [0, 0.05) is 12.6 Å². The first-order valence-corrected chi connectivity index (χ1v) is 8.59. The monoisotopic (exact) mass is 285 g/mol. The van der Waals surface area contributed by atoms with E-state index in [9.17, 15) is 5.11 Å². The van der Waals surface area contributed by atoms with Crippen LogP contribution in [0.3, 0.4) is 0 Å². The molecule has 21 heavy (non-hydrogen) atoms. The normalized spacial score (nSPS) is 35.6. The maximum Gasteiger partial charge on any atom is 0.0681 e. The van der Waals surface area contributed by atoms with Crippen LogP contribution in [0.25, 0.3) is 0 Å². The van der Waals surface area contributed by atoms with E-state index in [4.69, 9.17) is 0 Å². The largest absolute Gasteiger partial charge is 0.392 e. The highest BCUT2D eigenvalue weighted by Gasteiger charge is 2.48. The molecule has 1 saturated heterocycles. The van der Waals surface area contributed by atoms with Crippen LogP contribution in [0.5, 0.6) is 0 Å². The average molecular weight is 285 g/mol. The van der Waals surface area contributed by atoms with Crippen LogP contribution in [0.4, 0.5) is 0 Å². The first-order chi connectivity index (χ1) is 10.1. The summed E-state index contributed by atoms with van der Waals surface area (Å²) in [4.78, 5) is 2.78. The molecule has 2 fully saturated rings. The highest BCUT2D eigenvalue weighted by Crippen LogP contribution is 2.49. The lowest BCUT2D eigenvalue weighted by atomic mass is 9.59. The Morgan fingerprint density at radius 1 is 1.33 bits per heavy atom. The quantitative estimate of drug-likeness (QED) is 0.922. The maximum atomic E-state index is 9.45. The molecule has 1 N–H and O–H groups in total. The number of piperidine rings is 1. The zero-order valence-electron chi connectivity index (χ0n) is 13.3. The molecule has 1 aromatic carbocycles. The van der Waals surface area contributed by atoms with Crippen molar-refractivity contribution in [1.82, 2.24) is 4.90 Å². The Bertz CT molecular complexity index is 550. The molecule has 3 aliphatic rings. The highest BCUT2D eigenvalue weighted by atomic mass is 16.3. The summed E-state index contributed by atoms with van der Waals surface area (Å²) in [5.41, 5.74) is 4.41. The van der Waals surface area contributed by atoms with Crippen molar-refractivity contribution in [2.75, 3.05) is 13.1 Å². The molecular formula is C19H27NO. The van der Waals surface area contributed by atoms with Gasteiger partial charge in [-0.15, -0.1) is 0 Å². The SMILES string of the molecule is C[C@@H]1[C@H]2Cc3ccc(CO)cc3[C@]1(C)CCN2CC1CC1. The van der Waals surface area contributed by atoms with E-state index in [0.717, 1.165) is 17.5 Å². The number of aliphatic hydroxyl groups is 1. The van der Waals surface area contributed by atoms with Gasteiger partial charge >= 0.3 is 0 Å². The molecule has 2 heteroatoms. The Labute approximate surface area is 128 Å². The first kappa shape index (κ1) is 13.8. The molecule has 1 aliphatic heterocycles. The van der Waals surface area contributed by atoms with Crippen molar-refractivity contribution in [3.8, 4) is 0 Å². The van der Waals surface area contributed by atoms with Crippen molar-refractivity contribution in [1.29, 1.82) is 0 Å². The topological polar surface area (TPSA) is 23.5 Å². The van der Waals surface area contributed by atoms with Crippen LogP contribution in [0.2, 0.25) is 0 Å². The van der Waals surface area contributed by atoms with E-state index in [1.807, 2.05) is 0 Å². The third-order valence-corrected chi connectivity index (χ3v) is 6.56. The minimum absolute atomic E-state index is 0.162. The third-order valence-electron chi connectivity index (χ3n) is 6.56. The van der Waals surface area contributed by atoms with Crippen LogP contribution in [-0.2, 0) is 18.4 Å². The number of hydrogen-bond donors (Lipinski definition) is 1. The van der Waals surface area contributed by atoms with Crippen molar-refractivity contribution in [2.24, 2.45) is 11.8 Å². The summed E-state index contributed by atoms with van der Waals surface area (Å²) < 4.78 is 0. The van der Waals surface area contributed by atoms with E-state index in [0.29, 0.717) is 11.3 Å². The molecular weight excluding hydrogens is 258 g/mol. The van der Waals surface area contributed by atoms with Crippen molar-refractivity contribution in [2.45, 2.75) is 57.6 Å². The van der Waals surface area contributed by atoms with Crippen molar-refractivity contribution in [3.63, 3.8) is 0 Å². The number of benzene rings is 1. The van der Waals surface area contributed by atoms with Gasteiger partial charge in [-0.2, -0.15) is 0 Å². The van der Waals surface area contributed by atoms with E-state index in [2.05, 4.69) is 36.9 Å². The Balaban J connectivity index is 1.70. The number of fused-ring (bicyclic) bond motifs is 4. The second-order valence-corrected chi connectivity index (χ2v) is 7.82. The average Bonchev–Trinajstić information content (AvgIpc) is 3.30. The predicted octanol–water partition coefficient (Wildman–Crippen LogP) is 3.11. The molecule has 0 radical (unpaired) electrons. The molecule has 2 bridgehead atoms. The van der Waals surface area contributed by atoms with Crippen LogP contribution >= 0.6 is 0 Å². The summed E-state index contributed by atoms with van der Waals surface area (Å²) in [5, 5.41) is 9.45. The van der Waals surface area contributed by atoms with Crippen LogP contribution in [-0.4, -0.2) is 29.1 Å². The van der Waals surface area contributed by atoms with E-state index < -0.39 is 0 Å². The first-order valence-electron chi connectivity index (χ1n) is 8.59. The maximum absolute atomic E-state index is 9.45. The predicted molar refractivity (Wildman–Crippen MR) is 85.3 cm³/mol. The summed E-state index contributed by atoms with van der Waals surface area (Å²) in [5.74, 6) is 1.70. The molecule has 4 rings (SSSR count). The second kappa shape index (κ2) is 4.82. The molecule has 2 aliphatic carbocycles. The number of aliphatic hydroxyl groups excluding tert-OH is 1. The number of rotatable bonds is 3. The summed E-state index contributed by atoms with van der Waals surface area (Å²) in [6, 6.07) is 7.38. The van der Waals surface area contributed by atoms with E-state index in [-0.39, 0.29) is 6.61 Å². The number of nitrogens with zero attached hydrogens (tertiary/aromatic N) is 1. The van der Waals surface area contributed by atoms with Crippen LogP contribution in [0, 0.1) is 11.8 Å². The van der Waals surface area contributed by atoms with Gasteiger partial charge < -0.3 is 5.11 Å². The fraction of sp³-hybridized carbons (Fsp3) is 0.684. The van der Waals surface area contributed by atoms with E-state index in [1.165, 1.54) is 49.9 Å². The molecule has 2 nitrogen and oxygen atoms in total. The van der Waals surface area contributed by atoms with Gasteiger partial charge in [-0.3, -0.25) is 4.90 Å². The summed E-state index contributed by atoms with van der Waals surface area (Å²) >= 11 is 0. The molecule has 0 spiro atoms. The smallest absolute Gasteiger partial charge is 0.0681 e. The fourth-order valence-electron chi connectivity index (χ4n) is 4.71. The van der Waals surface area contributed by atoms with Gasteiger partial charge in [-0.25, -0.2) is 0 Å². The summed E-state index contributed by atoms with van der Waals surface area (Å²) in [6.07, 6.45) is 5.36. The Kier molecular flexibility index (Phi) is 3.16. The van der Waals surface area contributed by atoms with Gasteiger partial charge in [0.2, 0.25) is 0 Å². The zero-order valence-corrected chi connectivity index (χ0v) is 13.3. The molecule has 0 aromatic heterocycles. The summed E-state index contributed by atoms with van der Waals surface area (Å²) in [6.45, 7) is 7.66. The fourth-order valence-corrected chi connectivity index (χ4v) is 4.71. The zero-order chi connectivity index (χ0) is 14.6. The lowest BCUT2D eigenvalue weighted by Gasteiger charge is -2.55. The molecule has 1 saturated carbocycles. The molecule has 114 valence electrons. The van der Waals surface area contributed by atoms with Crippen LogP contribution in [0.1, 0.15) is 49.8 Å². The lowest BCUT2D eigenvalue weighted by molar-refractivity contribution is 0.0283. The van der Waals surface area contributed by atoms with Crippen molar-refractivity contribution >= 4 is 0 Å². The van der Waals surface area contributed by atoms with Crippen LogP contribution in [0.15, 0.2) is 18.2 Å². The Morgan fingerprint density at radius 2 is 2.14 bits per heavy atom.